The van der Waals surface area contributed by atoms with E-state index in [-0.39, 0.29) is 40.8 Å². The second-order valence-electron chi connectivity index (χ2n) is 10.5. The van der Waals surface area contributed by atoms with Crippen LogP contribution in [-0.2, 0) is 23.7 Å². The van der Waals surface area contributed by atoms with Crippen molar-refractivity contribution in [2.45, 2.75) is 57.5 Å². The van der Waals surface area contributed by atoms with Gasteiger partial charge in [0.25, 0.3) is 12.3 Å². The summed E-state index contributed by atoms with van der Waals surface area (Å²) in [5, 5.41) is 6.36. The molecule has 2 aliphatic carbocycles. The van der Waals surface area contributed by atoms with Crippen molar-refractivity contribution >= 4 is 16.8 Å². The minimum Gasteiger partial charge on any atom is -0.406 e. The van der Waals surface area contributed by atoms with Crippen LogP contribution in [0.4, 0.5) is 26.3 Å². The Morgan fingerprint density at radius 1 is 1.15 bits per heavy atom. The lowest BCUT2D eigenvalue weighted by Gasteiger charge is -2.19. The second kappa shape index (κ2) is 9.45. The minimum absolute atomic E-state index is 0.0649. The van der Waals surface area contributed by atoms with E-state index in [1.54, 1.807) is 26.0 Å². The zero-order valence-corrected chi connectivity index (χ0v) is 21.7. The van der Waals surface area contributed by atoms with Gasteiger partial charge >= 0.3 is 5.63 Å². The number of aromatic nitrogens is 3. The molecule has 0 unspecified atom stereocenters. The molecular weight excluding hydrogens is 554 g/mol. The molecule has 214 valence electrons. The number of nitrogens with zero attached hydrogens (tertiary/aromatic N) is 3. The molecule has 0 aliphatic heterocycles. The number of carbonyl (C=O) groups is 1. The first-order valence-electron chi connectivity index (χ1n) is 12.8. The van der Waals surface area contributed by atoms with Crippen LogP contribution < -0.4 is 10.9 Å². The molecule has 0 saturated heterocycles. The van der Waals surface area contributed by atoms with Crippen LogP contribution in [-0.4, -0.2) is 20.7 Å². The van der Waals surface area contributed by atoms with E-state index < -0.39 is 71.3 Å². The summed E-state index contributed by atoms with van der Waals surface area (Å²) in [5.74, 6) is -8.30. The van der Waals surface area contributed by atoms with Crippen molar-refractivity contribution in [2.24, 2.45) is 5.92 Å². The van der Waals surface area contributed by atoms with Crippen LogP contribution in [0.25, 0.3) is 10.9 Å². The van der Waals surface area contributed by atoms with Crippen LogP contribution in [0.5, 0.6) is 0 Å². The lowest BCUT2D eigenvalue weighted by atomic mass is 10.0. The van der Waals surface area contributed by atoms with Crippen molar-refractivity contribution in [3.8, 4) is 0 Å². The maximum atomic E-state index is 14.9. The van der Waals surface area contributed by atoms with Crippen LogP contribution >= 0.6 is 0 Å². The largest absolute Gasteiger partial charge is 0.406 e. The number of carbonyl (C=O) groups excluding carboxylic acids is 1. The van der Waals surface area contributed by atoms with Crippen LogP contribution in [0.2, 0.25) is 0 Å². The normalized spacial score (nSPS) is 19.3. The molecule has 0 radical (unpaired) electrons. The topological polar surface area (TPSA) is 90.0 Å². The monoisotopic (exact) mass is 576 g/mol. The molecule has 7 nitrogen and oxygen atoms in total. The average Bonchev–Trinajstić information content (AvgIpc) is 3.54. The highest BCUT2D eigenvalue weighted by Gasteiger charge is 2.67. The van der Waals surface area contributed by atoms with E-state index in [0.29, 0.717) is 21.9 Å². The van der Waals surface area contributed by atoms with Crippen molar-refractivity contribution in [1.82, 2.24) is 20.1 Å². The third-order valence-electron chi connectivity index (χ3n) is 7.67. The highest BCUT2D eigenvalue weighted by atomic mass is 19.3. The van der Waals surface area contributed by atoms with Gasteiger partial charge in [-0.3, -0.25) is 9.48 Å². The maximum absolute atomic E-state index is 14.9. The van der Waals surface area contributed by atoms with Crippen molar-refractivity contribution in [1.29, 1.82) is 0 Å². The van der Waals surface area contributed by atoms with Gasteiger partial charge in [0.1, 0.15) is 35.6 Å². The van der Waals surface area contributed by atoms with E-state index in [1.807, 2.05) is 0 Å². The number of halogens is 6. The number of alkyl halides is 4. The molecule has 1 N–H and O–H groups in total. The second-order valence-corrected chi connectivity index (χ2v) is 10.5. The molecule has 2 aromatic heterocycles. The number of aryl methyl sites for hydroxylation is 2. The fraction of sp³-hybridized carbons (Fsp3) is 0.357. The summed E-state index contributed by atoms with van der Waals surface area (Å²) in [5.41, 5.74) is -0.909. The highest BCUT2D eigenvalue weighted by molar-refractivity contribution is 5.83. The maximum Gasteiger partial charge on any atom is 0.347 e. The lowest BCUT2D eigenvalue weighted by molar-refractivity contribution is -0.123. The number of benzene rings is 2. The summed E-state index contributed by atoms with van der Waals surface area (Å²) in [6.45, 7) is 2.54. The molecule has 13 heteroatoms. The summed E-state index contributed by atoms with van der Waals surface area (Å²) < 4.78 is 91.1. The summed E-state index contributed by atoms with van der Waals surface area (Å²) in [7, 11) is 0. The Morgan fingerprint density at radius 2 is 1.83 bits per heavy atom. The predicted molar refractivity (Wildman–Crippen MR) is 133 cm³/mol. The van der Waals surface area contributed by atoms with Gasteiger partial charge in [0, 0.05) is 24.0 Å². The van der Waals surface area contributed by atoms with Gasteiger partial charge in [0.2, 0.25) is 11.8 Å². The van der Waals surface area contributed by atoms with Crippen molar-refractivity contribution < 1.29 is 35.6 Å². The first kappa shape index (κ1) is 27.0. The van der Waals surface area contributed by atoms with E-state index in [2.05, 4.69) is 15.4 Å². The van der Waals surface area contributed by atoms with Crippen LogP contribution in [0.3, 0.4) is 0 Å². The molecule has 2 heterocycles. The van der Waals surface area contributed by atoms with Gasteiger partial charge in [0.05, 0.1) is 10.9 Å². The third-order valence-corrected chi connectivity index (χ3v) is 7.67. The molecule has 2 aliphatic rings. The first-order chi connectivity index (χ1) is 19.3. The van der Waals surface area contributed by atoms with E-state index in [4.69, 9.17) is 4.42 Å². The SMILES string of the molecule is Cc1ccc(C)c2c(=O)oc([C@H](Cc3cc(F)cc(F)c3)NC(=O)Cn3nc(C(F)F)c4c3C(F)(F)[C@@H]3C[C@H]43)nc12. The molecule has 4 aromatic rings. The molecule has 1 saturated carbocycles. The van der Waals surface area contributed by atoms with E-state index >= 15 is 0 Å². The summed E-state index contributed by atoms with van der Waals surface area (Å²) in [4.78, 5) is 30.5. The van der Waals surface area contributed by atoms with Gasteiger partial charge in [-0.25, -0.2) is 27.3 Å². The molecule has 2 aromatic carbocycles. The fourth-order valence-corrected chi connectivity index (χ4v) is 5.74. The molecule has 3 atom stereocenters. The van der Waals surface area contributed by atoms with Gasteiger partial charge in [-0.05, 0) is 55.0 Å². The zero-order chi connectivity index (χ0) is 29.4. The van der Waals surface area contributed by atoms with E-state index in [9.17, 15) is 35.9 Å². The fourth-order valence-electron chi connectivity index (χ4n) is 5.74. The quantitative estimate of drug-likeness (QED) is 0.293. The number of rotatable bonds is 7. The zero-order valence-electron chi connectivity index (χ0n) is 21.7. The van der Waals surface area contributed by atoms with Gasteiger partial charge < -0.3 is 9.73 Å². The number of hydrogen-bond acceptors (Lipinski definition) is 5. The number of amides is 1. The van der Waals surface area contributed by atoms with Gasteiger partial charge in [-0.15, -0.1) is 0 Å². The van der Waals surface area contributed by atoms with Crippen LogP contribution in [0, 0.1) is 31.4 Å². The molecule has 6 rings (SSSR count). The molecule has 41 heavy (non-hydrogen) atoms. The van der Waals surface area contributed by atoms with Gasteiger partial charge in [0.15, 0.2) is 0 Å². The van der Waals surface area contributed by atoms with Gasteiger partial charge in [-0.2, -0.15) is 13.9 Å². The summed E-state index contributed by atoms with van der Waals surface area (Å²) in [6, 6.07) is 4.83. The average molecular weight is 576 g/mol. The smallest absolute Gasteiger partial charge is 0.347 e. The van der Waals surface area contributed by atoms with Crippen molar-refractivity contribution in [3.05, 3.63) is 91.9 Å². The molecule has 0 spiro atoms. The Bertz CT molecular complexity index is 1760. The van der Waals surface area contributed by atoms with Crippen molar-refractivity contribution in [2.75, 3.05) is 0 Å². The first-order valence-corrected chi connectivity index (χ1v) is 12.8. The Morgan fingerprint density at radius 3 is 2.51 bits per heavy atom. The number of nitrogens with one attached hydrogen (secondary N) is 1. The lowest BCUT2D eigenvalue weighted by Crippen LogP contribution is -2.35. The number of hydrogen-bond donors (Lipinski definition) is 1. The Balaban J connectivity index is 1.37. The van der Waals surface area contributed by atoms with Crippen molar-refractivity contribution in [3.63, 3.8) is 0 Å². The van der Waals surface area contributed by atoms with Crippen LogP contribution in [0.15, 0.2) is 39.5 Å². The molecule has 1 amide bonds. The standard InChI is InChI=1S/C28H22F6N4O3/c1-11-3-4-12(2)22-20(11)27(40)41-26(36-22)18(7-13-5-14(29)8-15(30)6-13)35-19(39)10-38-24-21(23(37-38)25(31)32)16-9-17(16)28(24,33)34/h3-6,8,16-18,25H,7,9-10H2,1-2H3,(H,35,39)/t16-,17+,18-/m0/s1. The Hall–Kier alpha value is -4.16. The highest BCUT2D eigenvalue weighted by Crippen LogP contribution is 2.68. The minimum atomic E-state index is -3.43. The van der Waals surface area contributed by atoms with Gasteiger partial charge in [-0.1, -0.05) is 12.1 Å². The molecular formula is C28H22F6N4O3. The Labute approximate surface area is 228 Å². The van der Waals surface area contributed by atoms with E-state index in [1.165, 1.54) is 0 Å². The third kappa shape index (κ3) is 4.56. The predicted octanol–water partition coefficient (Wildman–Crippen LogP) is 5.53. The molecule has 0 bridgehead atoms. The summed E-state index contributed by atoms with van der Waals surface area (Å²) >= 11 is 0. The van der Waals surface area contributed by atoms with E-state index in [0.717, 1.165) is 12.1 Å². The number of fused-ring (bicyclic) bond motifs is 4. The molecule has 1 fully saturated rings. The Kier molecular flexibility index (Phi) is 6.23. The van der Waals surface area contributed by atoms with Crippen LogP contribution in [0.1, 0.15) is 64.3 Å². The summed E-state index contributed by atoms with van der Waals surface area (Å²) in [6.07, 6.45) is -3.34.